The van der Waals surface area contributed by atoms with Crippen LogP contribution in [0.25, 0.3) is 0 Å². The molecule has 5 heteroatoms. The third kappa shape index (κ3) is 2.30. The van der Waals surface area contributed by atoms with Crippen LogP contribution in [0.15, 0.2) is 18.7 Å². The van der Waals surface area contributed by atoms with Crippen LogP contribution in [0.2, 0.25) is 0 Å². The summed E-state index contributed by atoms with van der Waals surface area (Å²) in [6.45, 7) is 0. The second kappa shape index (κ2) is 4.35. The Morgan fingerprint density at radius 1 is 1.40 bits per heavy atom. The first-order chi connectivity index (χ1) is 7.27. The highest BCUT2D eigenvalue weighted by Crippen LogP contribution is 2.24. The van der Waals surface area contributed by atoms with Gasteiger partial charge in [0.05, 0.1) is 24.0 Å². The lowest BCUT2D eigenvalue weighted by Gasteiger charge is -2.14. The summed E-state index contributed by atoms with van der Waals surface area (Å²) in [6.07, 6.45) is 7.42. The van der Waals surface area contributed by atoms with Gasteiger partial charge in [-0.15, -0.1) is 0 Å². The van der Waals surface area contributed by atoms with Crippen LogP contribution in [0.4, 0.5) is 5.69 Å². The van der Waals surface area contributed by atoms with E-state index in [9.17, 15) is 4.79 Å². The molecule has 2 atom stereocenters. The number of amides is 1. The maximum atomic E-state index is 11.8. The standard InChI is InChI=1S/C10H14N4O/c11-9-3-1-2-8(9)10(15)14-7-4-12-6-13-5-7/h4-6,8-9H,1-3,11H2,(H,14,15). The molecule has 1 aliphatic carbocycles. The molecular formula is C10H14N4O. The van der Waals surface area contributed by atoms with Crippen LogP contribution in [-0.2, 0) is 4.79 Å². The number of nitrogens with one attached hydrogen (secondary N) is 1. The summed E-state index contributed by atoms with van der Waals surface area (Å²) < 4.78 is 0. The van der Waals surface area contributed by atoms with Crippen LogP contribution in [0.1, 0.15) is 19.3 Å². The summed E-state index contributed by atoms with van der Waals surface area (Å²) in [5, 5.41) is 2.77. The van der Waals surface area contributed by atoms with E-state index in [0.717, 1.165) is 19.3 Å². The molecule has 80 valence electrons. The summed E-state index contributed by atoms with van der Waals surface area (Å²) in [5.41, 5.74) is 6.47. The Morgan fingerprint density at radius 2 is 2.13 bits per heavy atom. The normalized spacial score (nSPS) is 25.1. The third-order valence-electron chi connectivity index (χ3n) is 2.73. The van der Waals surface area contributed by atoms with E-state index in [2.05, 4.69) is 15.3 Å². The Labute approximate surface area is 88.1 Å². The second-order valence-corrected chi connectivity index (χ2v) is 3.82. The molecule has 2 rings (SSSR count). The molecule has 5 nitrogen and oxygen atoms in total. The fourth-order valence-corrected chi connectivity index (χ4v) is 1.91. The van der Waals surface area contributed by atoms with Crippen molar-refractivity contribution in [2.75, 3.05) is 5.32 Å². The fraction of sp³-hybridized carbons (Fsp3) is 0.500. The van der Waals surface area contributed by atoms with Crippen molar-refractivity contribution < 1.29 is 4.79 Å². The van der Waals surface area contributed by atoms with Gasteiger partial charge in [-0.05, 0) is 12.8 Å². The Hall–Kier alpha value is -1.49. The van der Waals surface area contributed by atoms with Crippen LogP contribution in [0, 0.1) is 5.92 Å². The predicted octanol–water partition coefficient (Wildman–Crippen LogP) is 0.542. The summed E-state index contributed by atoms with van der Waals surface area (Å²) >= 11 is 0. The Bertz CT molecular complexity index is 341. The quantitative estimate of drug-likeness (QED) is 0.740. The number of nitrogens with zero attached hydrogens (tertiary/aromatic N) is 2. The molecule has 1 aliphatic rings. The SMILES string of the molecule is NC1CCCC1C(=O)Nc1cncnc1. The van der Waals surface area contributed by atoms with E-state index in [1.54, 1.807) is 12.4 Å². The summed E-state index contributed by atoms with van der Waals surface area (Å²) in [4.78, 5) is 19.4. The van der Waals surface area contributed by atoms with E-state index < -0.39 is 0 Å². The van der Waals surface area contributed by atoms with E-state index >= 15 is 0 Å². The highest BCUT2D eigenvalue weighted by atomic mass is 16.1. The van der Waals surface area contributed by atoms with E-state index in [1.165, 1.54) is 6.33 Å². The molecule has 0 saturated heterocycles. The van der Waals surface area contributed by atoms with E-state index in [1.807, 2.05) is 0 Å². The first-order valence-electron chi connectivity index (χ1n) is 5.09. The maximum absolute atomic E-state index is 11.8. The molecule has 1 aromatic heterocycles. The zero-order chi connectivity index (χ0) is 10.7. The molecular weight excluding hydrogens is 192 g/mol. The minimum Gasteiger partial charge on any atom is -0.327 e. The van der Waals surface area contributed by atoms with Gasteiger partial charge in [0.2, 0.25) is 5.91 Å². The number of hydrogen-bond acceptors (Lipinski definition) is 4. The number of aromatic nitrogens is 2. The molecule has 1 heterocycles. The smallest absolute Gasteiger partial charge is 0.229 e. The van der Waals surface area contributed by atoms with Crippen molar-refractivity contribution >= 4 is 11.6 Å². The van der Waals surface area contributed by atoms with Crippen molar-refractivity contribution in [3.8, 4) is 0 Å². The molecule has 1 saturated carbocycles. The van der Waals surface area contributed by atoms with Gasteiger partial charge in [0.25, 0.3) is 0 Å². The van der Waals surface area contributed by atoms with E-state index in [4.69, 9.17) is 5.73 Å². The molecule has 1 fully saturated rings. The Morgan fingerprint density at radius 3 is 2.73 bits per heavy atom. The van der Waals surface area contributed by atoms with Gasteiger partial charge < -0.3 is 11.1 Å². The van der Waals surface area contributed by atoms with Crippen molar-refractivity contribution in [1.82, 2.24) is 9.97 Å². The molecule has 1 aromatic rings. The highest BCUT2D eigenvalue weighted by Gasteiger charge is 2.30. The van der Waals surface area contributed by atoms with Crippen LogP contribution in [-0.4, -0.2) is 21.9 Å². The van der Waals surface area contributed by atoms with E-state index in [0.29, 0.717) is 5.69 Å². The summed E-state index contributed by atoms with van der Waals surface area (Å²) in [5.74, 6) is -0.0833. The van der Waals surface area contributed by atoms with Gasteiger partial charge in [-0.2, -0.15) is 0 Å². The van der Waals surface area contributed by atoms with Gasteiger partial charge in [-0.25, -0.2) is 9.97 Å². The van der Waals surface area contributed by atoms with Gasteiger partial charge in [-0.3, -0.25) is 4.79 Å². The summed E-state index contributed by atoms with van der Waals surface area (Å²) in [7, 11) is 0. The van der Waals surface area contributed by atoms with Crippen molar-refractivity contribution in [3.05, 3.63) is 18.7 Å². The number of hydrogen-bond donors (Lipinski definition) is 2. The fourth-order valence-electron chi connectivity index (χ4n) is 1.91. The number of rotatable bonds is 2. The average molecular weight is 206 g/mol. The predicted molar refractivity (Wildman–Crippen MR) is 56.0 cm³/mol. The zero-order valence-corrected chi connectivity index (χ0v) is 8.39. The molecule has 15 heavy (non-hydrogen) atoms. The molecule has 0 aliphatic heterocycles. The van der Waals surface area contributed by atoms with Crippen LogP contribution < -0.4 is 11.1 Å². The minimum absolute atomic E-state index is 0.00497. The number of nitrogens with two attached hydrogens (primary N) is 1. The molecule has 0 aromatic carbocycles. The number of anilines is 1. The Kier molecular flexibility index (Phi) is 2.91. The molecule has 0 bridgehead atoms. The molecule has 2 unspecified atom stereocenters. The lowest BCUT2D eigenvalue weighted by atomic mass is 10.0. The van der Waals surface area contributed by atoms with Crippen molar-refractivity contribution in [2.24, 2.45) is 11.7 Å². The summed E-state index contributed by atoms with van der Waals surface area (Å²) in [6, 6.07) is -0.00497. The molecule has 3 N–H and O–H groups in total. The number of carbonyl (C=O) groups excluding carboxylic acids is 1. The van der Waals surface area contributed by atoms with Crippen LogP contribution >= 0.6 is 0 Å². The van der Waals surface area contributed by atoms with Gasteiger partial charge in [0.1, 0.15) is 6.33 Å². The van der Waals surface area contributed by atoms with Crippen LogP contribution in [0.3, 0.4) is 0 Å². The Balaban J connectivity index is 1.98. The monoisotopic (exact) mass is 206 g/mol. The largest absolute Gasteiger partial charge is 0.327 e. The molecule has 0 radical (unpaired) electrons. The lowest BCUT2D eigenvalue weighted by Crippen LogP contribution is -2.34. The van der Waals surface area contributed by atoms with Gasteiger partial charge in [-0.1, -0.05) is 6.42 Å². The third-order valence-corrected chi connectivity index (χ3v) is 2.73. The van der Waals surface area contributed by atoms with Crippen molar-refractivity contribution in [3.63, 3.8) is 0 Å². The average Bonchev–Trinajstić information content (AvgIpc) is 2.66. The van der Waals surface area contributed by atoms with Gasteiger partial charge in [0, 0.05) is 6.04 Å². The minimum atomic E-state index is -0.0646. The van der Waals surface area contributed by atoms with Crippen molar-refractivity contribution in [1.29, 1.82) is 0 Å². The van der Waals surface area contributed by atoms with Crippen molar-refractivity contribution in [2.45, 2.75) is 25.3 Å². The highest BCUT2D eigenvalue weighted by molar-refractivity contribution is 5.92. The molecule has 1 amide bonds. The topological polar surface area (TPSA) is 80.9 Å². The molecule has 0 spiro atoms. The maximum Gasteiger partial charge on any atom is 0.229 e. The van der Waals surface area contributed by atoms with E-state index in [-0.39, 0.29) is 17.9 Å². The van der Waals surface area contributed by atoms with Gasteiger partial charge in [0.15, 0.2) is 0 Å². The number of carbonyl (C=O) groups is 1. The lowest BCUT2D eigenvalue weighted by molar-refractivity contribution is -0.120. The first-order valence-corrected chi connectivity index (χ1v) is 5.09. The zero-order valence-electron chi connectivity index (χ0n) is 8.39. The first kappa shape index (κ1) is 10.0. The van der Waals surface area contributed by atoms with Crippen LogP contribution in [0.5, 0.6) is 0 Å². The van der Waals surface area contributed by atoms with Gasteiger partial charge >= 0.3 is 0 Å². The second-order valence-electron chi connectivity index (χ2n) is 3.82.